The molecule has 13 heavy (non-hydrogen) atoms. The van der Waals surface area contributed by atoms with E-state index >= 15 is 0 Å². The normalized spacial score (nSPS) is 24.2. The Morgan fingerprint density at radius 1 is 1.69 bits per heavy atom. The van der Waals surface area contributed by atoms with Gasteiger partial charge in [0.15, 0.2) is 0 Å². The molecular weight excluding hydrogens is 164 g/mol. The van der Waals surface area contributed by atoms with E-state index in [0.717, 1.165) is 19.6 Å². The van der Waals surface area contributed by atoms with Gasteiger partial charge in [-0.3, -0.25) is 0 Å². The van der Waals surface area contributed by atoms with Gasteiger partial charge < -0.3 is 10.1 Å². The molecule has 0 saturated carbocycles. The van der Waals surface area contributed by atoms with E-state index in [1.807, 2.05) is 6.92 Å². The van der Waals surface area contributed by atoms with E-state index in [0.29, 0.717) is 18.6 Å². The summed E-state index contributed by atoms with van der Waals surface area (Å²) in [5.74, 6) is 0. The third-order valence-corrected chi connectivity index (χ3v) is 2.38. The average molecular weight is 182 g/mol. The lowest BCUT2D eigenvalue weighted by Gasteiger charge is -2.12. The van der Waals surface area contributed by atoms with Gasteiger partial charge in [0, 0.05) is 12.6 Å². The molecule has 0 bridgehead atoms. The summed E-state index contributed by atoms with van der Waals surface area (Å²) in [7, 11) is 0. The van der Waals surface area contributed by atoms with Gasteiger partial charge in [-0.2, -0.15) is 5.26 Å². The number of hydrogen-bond donors (Lipinski definition) is 1. The maximum Gasteiger partial charge on any atom is 0.0638 e. The summed E-state index contributed by atoms with van der Waals surface area (Å²) in [6, 6.07) is 2.46. The largest absolute Gasteiger partial charge is 0.378 e. The lowest BCUT2D eigenvalue weighted by atomic mass is 10.1. The van der Waals surface area contributed by atoms with E-state index in [1.54, 1.807) is 0 Å². The van der Waals surface area contributed by atoms with Crippen molar-refractivity contribution in [3.63, 3.8) is 0 Å². The fourth-order valence-corrected chi connectivity index (χ4v) is 1.57. The zero-order chi connectivity index (χ0) is 9.52. The van der Waals surface area contributed by atoms with Gasteiger partial charge in [0.1, 0.15) is 0 Å². The monoisotopic (exact) mass is 182 g/mol. The van der Waals surface area contributed by atoms with Crippen LogP contribution in [0, 0.1) is 11.3 Å². The molecular formula is C10H18N2O. The van der Waals surface area contributed by atoms with Gasteiger partial charge in [0.25, 0.3) is 0 Å². The van der Waals surface area contributed by atoms with Crippen molar-refractivity contribution >= 4 is 0 Å². The second kappa shape index (κ2) is 5.95. The number of hydrogen-bond acceptors (Lipinski definition) is 3. The van der Waals surface area contributed by atoms with Crippen molar-refractivity contribution in [2.24, 2.45) is 0 Å². The number of nitriles is 1. The van der Waals surface area contributed by atoms with E-state index in [1.165, 1.54) is 12.8 Å². The molecule has 0 radical (unpaired) electrons. The summed E-state index contributed by atoms with van der Waals surface area (Å²) in [5.41, 5.74) is 0. The maximum atomic E-state index is 8.43. The van der Waals surface area contributed by atoms with Crippen LogP contribution in [0.25, 0.3) is 0 Å². The van der Waals surface area contributed by atoms with Crippen LogP contribution in [0.1, 0.15) is 32.6 Å². The fourth-order valence-electron chi connectivity index (χ4n) is 1.57. The van der Waals surface area contributed by atoms with Crippen LogP contribution in [-0.2, 0) is 4.74 Å². The zero-order valence-corrected chi connectivity index (χ0v) is 8.25. The zero-order valence-electron chi connectivity index (χ0n) is 8.25. The standard InChI is InChI=1S/C10H18N2O/c1-9(4-6-11)12-7-5-10-3-2-8-13-10/h9-10,12H,2-5,7-8H2,1H3. The summed E-state index contributed by atoms with van der Waals surface area (Å²) in [6.45, 7) is 3.94. The Hall–Kier alpha value is -0.590. The van der Waals surface area contributed by atoms with Gasteiger partial charge in [-0.25, -0.2) is 0 Å². The highest BCUT2D eigenvalue weighted by molar-refractivity contribution is 4.77. The summed E-state index contributed by atoms with van der Waals surface area (Å²) >= 11 is 0. The van der Waals surface area contributed by atoms with Crippen LogP contribution in [0.4, 0.5) is 0 Å². The number of rotatable bonds is 5. The molecule has 74 valence electrons. The molecule has 0 amide bonds. The third kappa shape index (κ3) is 4.25. The smallest absolute Gasteiger partial charge is 0.0638 e. The van der Waals surface area contributed by atoms with Crippen molar-refractivity contribution in [3.8, 4) is 6.07 Å². The second-order valence-corrected chi connectivity index (χ2v) is 3.64. The Morgan fingerprint density at radius 2 is 2.54 bits per heavy atom. The molecule has 1 aliphatic heterocycles. The van der Waals surface area contributed by atoms with Crippen LogP contribution in [0.15, 0.2) is 0 Å². The molecule has 2 unspecified atom stereocenters. The highest BCUT2D eigenvalue weighted by Gasteiger charge is 2.14. The van der Waals surface area contributed by atoms with E-state index in [-0.39, 0.29) is 0 Å². The third-order valence-electron chi connectivity index (χ3n) is 2.38. The summed E-state index contributed by atoms with van der Waals surface area (Å²) in [5, 5.41) is 11.7. The molecule has 1 fully saturated rings. The maximum absolute atomic E-state index is 8.43. The highest BCUT2D eigenvalue weighted by atomic mass is 16.5. The highest BCUT2D eigenvalue weighted by Crippen LogP contribution is 2.14. The Balaban J connectivity index is 1.97. The first kappa shape index (κ1) is 10.5. The molecule has 1 heterocycles. The number of ether oxygens (including phenoxy) is 1. The summed E-state index contributed by atoms with van der Waals surface area (Å²) < 4.78 is 5.49. The Labute approximate surface area is 80.1 Å². The van der Waals surface area contributed by atoms with Crippen molar-refractivity contribution in [2.45, 2.75) is 44.8 Å². The van der Waals surface area contributed by atoms with E-state index in [4.69, 9.17) is 10.00 Å². The van der Waals surface area contributed by atoms with Gasteiger partial charge in [-0.15, -0.1) is 0 Å². The topological polar surface area (TPSA) is 45.0 Å². The molecule has 1 rings (SSSR count). The second-order valence-electron chi connectivity index (χ2n) is 3.64. The van der Waals surface area contributed by atoms with Crippen molar-refractivity contribution in [1.29, 1.82) is 5.26 Å². The van der Waals surface area contributed by atoms with Crippen LogP contribution >= 0.6 is 0 Å². The van der Waals surface area contributed by atoms with Gasteiger partial charge in [0.05, 0.1) is 18.6 Å². The quantitative estimate of drug-likeness (QED) is 0.700. The molecule has 3 heteroatoms. The van der Waals surface area contributed by atoms with Gasteiger partial charge in [-0.1, -0.05) is 0 Å². The molecule has 0 aliphatic carbocycles. The SMILES string of the molecule is CC(CC#N)NCCC1CCCO1. The first-order chi connectivity index (χ1) is 6.33. The van der Waals surface area contributed by atoms with Crippen molar-refractivity contribution in [3.05, 3.63) is 0 Å². The van der Waals surface area contributed by atoms with Crippen LogP contribution in [0.2, 0.25) is 0 Å². The van der Waals surface area contributed by atoms with Crippen LogP contribution < -0.4 is 5.32 Å². The molecule has 1 saturated heterocycles. The van der Waals surface area contributed by atoms with Crippen molar-refractivity contribution < 1.29 is 4.74 Å². The Kier molecular flexibility index (Phi) is 4.81. The molecule has 0 aromatic heterocycles. The van der Waals surface area contributed by atoms with Crippen molar-refractivity contribution in [2.75, 3.05) is 13.2 Å². The average Bonchev–Trinajstić information content (AvgIpc) is 2.57. The summed E-state index contributed by atoms with van der Waals surface area (Å²) in [4.78, 5) is 0. The Morgan fingerprint density at radius 3 is 3.15 bits per heavy atom. The predicted octanol–water partition coefficient (Wildman–Crippen LogP) is 1.45. The molecule has 1 N–H and O–H groups in total. The molecule has 0 aromatic carbocycles. The van der Waals surface area contributed by atoms with E-state index < -0.39 is 0 Å². The summed E-state index contributed by atoms with van der Waals surface area (Å²) in [6.07, 6.45) is 4.54. The van der Waals surface area contributed by atoms with E-state index in [9.17, 15) is 0 Å². The van der Waals surface area contributed by atoms with E-state index in [2.05, 4.69) is 11.4 Å². The molecule has 0 aromatic rings. The molecule has 1 aliphatic rings. The van der Waals surface area contributed by atoms with Gasteiger partial charge >= 0.3 is 0 Å². The molecule has 0 spiro atoms. The predicted molar refractivity (Wildman–Crippen MR) is 51.3 cm³/mol. The molecule has 3 nitrogen and oxygen atoms in total. The van der Waals surface area contributed by atoms with Crippen LogP contribution in [0.5, 0.6) is 0 Å². The molecule has 2 atom stereocenters. The first-order valence-electron chi connectivity index (χ1n) is 5.05. The first-order valence-corrected chi connectivity index (χ1v) is 5.05. The van der Waals surface area contributed by atoms with Crippen LogP contribution in [0.3, 0.4) is 0 Å². The van der Waals surface area contributed by atoms with Crippen molar-refractivity contribution in [1.82, 2.24) is 5.32 Å². The fraction of sp³-hybridized carbons (Fsp3) is 0.900. The lowest BCUT2D eigenvalue weighted by molar-refractivity contribution is 0.103. The Bertz CT molecular complexity index is 170. The van der Waals surface area contributed by atoms with Gasteiger partial charge in [-0.05, 0) is 32.7 Å². The van der Waals surface area contributed by atoms with Crippen LogP contribution in [-0.4, -0.2) is 25.3 Å². The minimum absolute atomic E-state index is 0.311. The number of nitrogens with zero attached hydrogens (tertiary/aromatic N) is 1. The lowest BCUT2D eigenvalue weighted by Crippen LogP contribution is -2.28. The van der Waals surface area contributed by atoms with Gasteiger partial charge in [0.2, 0.25) is 0 Å². The minimum atomic E-state index is 0.311. The minimum Gasteiger partial charge on any atom is -0.378 e. The number of nitrogens with one attached hydrogen (secondary N) is 1.